The van der Waals surface area contributed by atoms with Crippen LogP contribution in [0.4, 0.5) is 5.69 Å². The van der Waals surface area contributed by atoms with Gasteiger partial charge in [0.2, 0.25) is 0 Å². The average Bonchev–Trinajstić information content (AvgIpc) is 2.44. The Balaban J connectivity index is 2.17. The van der Waals surface area contributed by atoms with Crippen molar-refractivity contribution in [2.45, 2.75) is 19.1 Å². The maximum atomic E-state index is 11.3. The van der Waals surface area contributed by atoms with Crippen molar-refractivity contribution >= 4 is 15.5 Å². The number of nitrogens with two attached hydrogens (primary N) is 1. The predicted octanol–water partition coefficient (Wildman–Crippen LogP) is 0.114. The third-order valence-electron chi connectivity index (χ3n) is 2.75. The first-order valence-electron chi connectivity index (χ1n) is 5.29. The molecule has 1 aromatic rings. The van der Waals surface area contributed by atoms with E-state index >= 15 is 0 Å². The zero-order valence-electron chi connectivity index (χ0n) is 9.46. The molecule has 1 aromatic carbocycles. The summed E-state index contributed by atoms with van der Waals surface area (Å²) in [6.07, 6.45) is -1.65. The van der Waals surface area contributed by atoms with Gasteiger partial charge >= 0.3 is 0 Å². The van der Waals surface area contributed by atoms with Gasteiger partial charge in [0.05, 0.1) is 11.5 Å². The second-order valence-electron chi connectivity index (χ2n) is 4.33. The molecule has 2 atom stereocenters. The Morgan fingerprint density at radius 1 is 1.41 bits per heavy atom. The molecule has 5 nitrogen and oxygen atoms in total. The monoisotopic (exact) mass is 257 g/mol. The number of aliphatic hydroxyl groups is 1. The molecule has 1 fully saturated rings. The van der Waals surface area contributed by atoms with Gasteiger partial charge in [0.15, 0.2) is 9.84 Å². The number of rotatable bonds is 2. The van der Waals surface area contributed by atoms with Crippen LogP contribution in [-0.2, 0) is 9.84 Å². The van der Waals surface area contributed by atoms with Crippen LogP contribution in [0.15, 0.2) is 18.2 Å². The largest absolute Gasteiger partial charge is 0.486 e. The summed E-state index contributed by atoms with van der Waals surface area (Å²) in [6, 6.07) is 5.10. The van der Waals surface area contributed by atoms with Crippen LogP contribution in [0.1, 0.15) is 5.56 Å². The number of sulfone groups is 1. The van der Waals surface area contributed by atoms with Gasteiger partial charge in [-0.25, -0.2) is 8.42 Å². The number of hydrogen-bond donors (Lipinski definition) is 2. The van der Waals surface area contributed by atoms with Crippen molar-refractivity contribution in [2.75, 3.05) is 17.2 Å². The lowest BCUT2D eigenvalue weighted by molar-refractivity contribution is 0.0733. The lowest BCUT2D eigenvalue weighted by Gasteiger charge is -2.17. The molecule has 1 saturated heterocycles. The van der Waals surface area contributed by atoms with Gasteiger partial charge in [-0.2, -0.15) is 0 Å². The van der Waals surface area contributed by atoms with Crippen LogP contribution in [-0.4, -0.2) is 37.2 Å². The Bertz CT molecular complexity index is 526. The molecule has 1 aliphatic heterocycles. The maximum absolute atomic E-state index is 11.3. The number of anilines is 1. The Hall–Kier alpha value is -1.27. The molecule has 1 aliphatic rings. The van der Waals surface area contributed by atoms with Gasteiger partial charge in [0.25, 0.3) is 0 Å². The summed E-state index contributed by atoms with van der Waals surface area (Å²) < 4.78 is 28.2. The first-order chi connectivity index (χ1) is 7.87. The van der Waals surface area contributed by atoms with E-state index in [2.05, 4.69) is 0 Å². The van der Waals surface area contributed by atoms with E-state index in [9.17, 15) is 13.5 Å². The highest BCUT2D eigenvalue weighted by Crippen LogP contribution is 2.25. The fourth-order valence-corrected chi connectivity index (χ4v) is 3.54. The van der Waals surface area contributed by atoms with Crippen molar-refractivity contribution in [3.05, 3.63) is 23.8 Å². The molecule has 0 radical (unpaired) electrons. The zero-order chi connectivity index (χ0) is 12.6. The van der Waals surface area contributed by atoms with E-state index in [0.717, 1.165) is 5.56 Å². The van der Waals surface area contributed by atoms with E-state index in [0.29, 0.717) is 11.4 Å². The molecule has 3 N–H and O–H groups in total. The van der Waals surface area contributed by atoms with Gasteiger partial charge in [-0.3, -0.25) is 0 Å². The number of aliphatic hydroxyl groups excluding tert-OH is 1. The molecular weight excluding hydrogens is 242 g/mol. The second-order valence-corrected chi connectivity index (χ2v) is 6.48. The smallest absolute Gasteiger partial charge is 0.156 e. The van der Waals surface area contributed by atoms with Crippen molar-refractivity contribution in [1.29, 1.82) is 0 Å². The molecule has 0 spiro atoms. The molecule has 0 aliphatic carbocycles. The van der Waals surface area contributed by atoms with E-state index in [1.54, 1.807) is 18.2 Å². The number of aryl methyl sites for hydroxylation is 1. The van der Waals surface area contributed by atoms with Crippen molar-refractivity contribution in [3.63, 3.8) is 0 Å². The Kier molecular flexibility index (Phi) is 3.01. The zero-order valence-corrected chi connectivity index (χ0v) is 10.3. The second kappa shape index (κ2) is 4.19. The normalized spacial score (nSPS) is 26.9. The quantitative estimate of drug-likeness (QED) is 0.734. The van der Waals surface area contributed by atoms with Crippen LogP contribution in [0.5, 0.6) is 5.75 Å². The van der Waals surface area contributed by atoms with Gasteiger partial charge < -0.3 is 15.6 Å². The Morgan fingerprint density at radius 2 is 2.12 bits per heavy atom. The van der Waals surface area contributed by atoms with Crippen LogP contribution >= 0.6 is 0 Å². The molecule has 0 saturated carbocycles. The lowest BCUT2D eigenvalue weighted by atomic mass is 10.2. The third kappa shape index (κ3) is 2.70. The van der Waals surface area contributed by atoms with Crippen molar-refractivity contribution < 1.29 is 18.3 Å². The minimum Gasteiger partial charge on any atom is -0.486 e. The van der Waals surface area contributed by atoms with Crippen molar-refractivity contribution in [1.82, 2.24) is 0 Å². The fourth-order valence-electron chi connectivity index (χ4n) is 1.88. The van der Waals surface area contributed by atoms with E-state index < -0.39 is 22.0 Å². The van der Waals surface area contributed by atoms with Gasteiger partial charge in [-0.1, -0.05) is 0 Å². The summed E-state index contributed by atoms with van der Waals surface area (Å²) in [7, 11) is -3.19. The van der Waals surface area contributed by atoms with Crippen LogP contribution in [0.3, 0.4) is 0 Å². The molecule has 1 heterocycles. The summed E-state index contributed by atoms with van der Waals surface area (Å²) in [6.45, 7) is 1.82. The first kappa shape index (κ1) is 12.2. The standard InChI is InChI=1S/C11H15NO4S/c1-7-4-8(12)2-3-10(7)16-11-6-17(14,15)5-9(11)13/h2-4,9,11,13H,5-6,12H2,1H3. The number of benzene rings is 1. The highest BCUT2D eigenvalue weighted by atomic mass is 32.2. The SMILES string of the molecule is Cc1cc(N)ccc1OC1CS(=O)(=O)CC1O. The van der Waals surface area contributed by atoms with E-state index in [1.165, 1.54) is 0 Å². The van der Waals surface area contributed by atoms with Crippen LogP contribution in [0, 0.1) is 6.92 Å². The summed E-state index contributed by atoms with van der Waals surface area (Å²) in [5.74, 6) is 0.185. The minimum absolute atomic E-state index is 0.141. The highest BCUT2D eigenvalue weighted by molar-refractivity contribution is 7.91. The molecule has 2 rings (SSSR count). The average molecular weight is 257 g/mol. The molecule has 94 valence electrons. The third-order valence-corrected chi connectivity index (χ3v) is 4.44. The van der Waals surface area contributed by atoms with Gasteiger partial charge in [-0.05, 0) is 30.7 Å². The lowest BCUT2D eigenvalue weighted by Crippen LogP contribution is -2.30. The summed E-state index contributed by atoms with van der Waals surface area (Å²) >= 11 is 0. The minimum atomic E-state index is -3.19. The predicted molar refractivity (Wildman–Crippen MR) is 64.7 cm³/mol. The van der Waals surface area contributed by atoms with Crippen LogP contribution < -0.4 is 10.5 Å². The number of hydrogen-bond acceptors (Lipinski definition) is 5. The van der Waals surface area contributed by atoms with Crippen LogP contribution in [0.2, 0.25) is 0 Å². The topological polar surface area (TPSA) is 89.6 Å². The first-order valence-corrected chi connectivity index (χ1v) is 7.11. The molecule has 6 heteroatoms. The summed E-state index contributed by atoms with van der Waals surface area (Å²) in [4.78, 5) is 0. The van der Waals surface area contributed by atoms with Crippen molar-refractivity contribution in [3.8, 4) is 5.75 Å². The van der Waals surface area contributed by atoms with Crippen molar-refractivity contribution in [2.24, 2.45) is 0 Å². The van der Waals surface area contributed by atoms with Gasteiger partial charge in [0.1, 0.15) is 18.0 Å². The molecule has 0 amide bonds. The van der Waals surface area contributed by atoms with E-state index in [4.69, 9.17) is 10.5 Å². The maximum Gasteiger partial charge on any atom is 0.156 e. The summed E-state index contributed by atoms with van der Waals surface area (Å²) in [5.41, 5.74) is 7.05. The highest BCUT2D eigenvalue weighted by Gasteiger charge is 2.38. The van der Waals surface area contributed by atoms with Crippen LogP contribution in [0.25, 0.3) is 0 Å². The van der Waals surface area contributed by atoms with Gasteiger partial charge in [-0.15, -0.1) is 0 Å². The molecule has 0 bridgehead atoms. The molecular formula is C11H15NO4S. The Morgan fingerprint density at radius 3 is 2.65 bits per heavy atom. The molecule has 0 aromatic heterocycles. The van der Waals surface area contributed by atoms with Gasteiger partial charge in [0, 0.05) is 5.69 Å². The van der Waals surface area contributed by atoms with E-state index in [-0.39, 0.29) is 11.5 Å². The summed E-state index contributed by atoms with van der Waals surface area (Å²) in [5, 5.41) is 9.60. The fraction of sp³-hybridized carbons (Fsp3) is 0.455. The number of ether oxygens (including phenoxy) is 1. The Labute approximate surface area is 100 Å². The molecule has 17 heavy (non-hydrogen) atoms. The number of nitrogen functional groups attached to an aromatic ring is 1. The van der Waals surface area contributed by atoms with E-state index in [1.807, 2.05) is 6.92 Å². The molecule has 2 unspecified atom stereocenters.